The zero-order valence-electron chi connectivity index (χ0n) is 22.3. The number of terminal acetylenes is 1. The Morgan fingerprint density at radius 3 is 2.09 bits per heavy atom. The first kappa shape index (κ1) is 30.4. The van der Waals surface area contributed by atoms with Gasteiger partial charge in [-0.3, -0.25) is 4.79 Å². The Balaban J connectivity index is 2.05. The van der Waals surface area contributed by atoms with E-state index in [9.17, 15) is 9.59 Å². The predicted octanol–water partition coefficient (Wildman–Crippen LogP) is 7.17. The molecule has 1 aromatic carbocycles. The van der Waals surface area contributed by atoms with E-state index in [0.29, 0.717) is 18.8 Å². The third-order valence-corrected chi connectivity index (χ3v) is 6.12. The number of rotatable bonds is 19. The summed E-state index contributed by atoms with van der Waals surface area (Å²) < 4.78 is 5.28. The third-order valence-electron chi connectivity index (χ3n) is 6.12. The van der Waals surface area contributed by atoms with Crippen molar-refractivity contribution in [2.75, 3.05) is 29.9 Å². The summed E-state index contributed by atoms with van der Waals surface area (Å²) in [5.41, 5.74) is 2.52. The predicted molar refractivity (Wildman–Crippen MR) is 147 cm³/mol. The molecule has 6 heteroatoms. The average Bonchev–Trinajstić information content (AvgIpc) is 2.84. The van der Waals surface area contributed by atoms with Gasteiger partial charge < -0.3 is 20.3 Å². The normalized spacial score (nSPS) is 10.5. The molecule has 1 aromatic rings. The van der Waals surface area contributed by atoms with E-state index >= 15 is 0 Å². The van der Waals surface area contributed by atoms with E-state index in [-0.39, 0.29) is 25.0 Å². The fourth-order valence-corrected chi connectivity index (χ4v) is 3.95. The lowest BCUT2D eigenvalue weighted by molar-refractivity contribution is -0.143. The van der Waals surface area contributed by atoms with E-state index in [1.165, 1.54) is 64.2 Å². The number of anilines is 2. The summed E-state index contributed by atoms with van der Waals surface area (Å²) in [5.74, 6) is -0.275. The van der Waals surface area contributed by atoms with E-state index < -0.39 is 0 Å². The van der Waals surface area contributed by atoms with Crippen LogP contribution >= 0.6 is 0 Å². The number of hydrogen-bond acceptors (Lipinski definition) is 4. The van der Waals surface area contributed by atoms with Crippen LogP contribution in [0.3, 0.4) is 0 Å². The van der Waals surface area contributed by atoms with Crippen LogP contribution in [0.1, 0.15) is 103 Å². The van der Waals surface area contributed by atoms with Crippen molar-refractivity contribution in [3.63, 3.8) is 0 Å². The molecule has 0 heterocycles. The average molecular weight is 486 g/mol. The molecule has 0 saturated heterocycles. The van der Waals surface area contributed by atoms with Crippen molar-refractivity contribution in [1.29, 1.82) is 0 Å². The van der Waals surface area contributed by atoms with Crippen molar-refractivity contribution < 1.29 is 14.3 Å². The number of nitrogens with one attached hydrogen (secondary N) is 2. The molecule has 0 aliphatic carbocycles. The minimum absolute atomic E-state index is 0.164. The molecular weight excluding hydrogens is 438 g/mol. The Morgan fingerprint density at radius 2 is 1.54 bits per heavy atom. The highest BCUT2D eigenvalue weighted by molar-refractivity contribution is 5.90. The van der Waals surface area contributed by atoms with Crippen LogP contribution in [0.2, 0.25) is 0 Å². The van der Waals surface area contributed by atoms with Crippen LogP contribution in [0.4, 0.5) is 16.2 Å². The van der Waals surface area contributed by atoms with E-state index in [1.807, 2.05) is 32.0 Å². The molecule has 0 bridgehead atoms. The van der Waals surface area contributed by atoms with Crippen LogP contribution in [0.15, 0.2) is 18.2 Å². The van der Waals surface area contributed by atoms with E-state index in [0.717, 1.165) is 24.1 Å². The van der Waals surface area contributed by atoms with Gasteiger partial charge in [0.25, 0.3) is 0 Å². The number of nitrogens with zero attached hydrogens (tertiary/aromatic N) is 1. The summed E-state index contributed by atoms with van der Waals surface area (Å²) in [6, 6.07) is 7.91. The lowest BCUT2D eigenvalue weighted by Gasteiger charge is -2.17. The van der Waals surface area contributed by atoms with Crippen LogP contribution in [0.25, 0.3) is 0 Å². The molecule has 0 aromatic heterocycles. The monoisotopic (exact) mass is 485 g/mol. The maximum Gasteiger partial charge on any atom is 0.319 e. The fraction of sp³-hybridized carbons (Fsp3) is 0.655. The Kier molecular flexibility index (Phi) is 17.0. The zero-order chi connectivity index (χ0) is 25.7. The van der Waals surface area contributed by atoms with Crippen molar-refractivity contribution >= 4 is 23.4 Å². The highest BCUT2D eigenvalue weighted by atomic mass is 16.5. The second-order valence-electron chi connectivity index (χ2n) is 9.11. The summed E-state index contributed by atoms with van der Waals surface area (Å²) in [6.07, 6.45) is 21.0. The van der Waals surface area contributed by atoms with Crippen molar-refractivity contribution in [1.82, 2.24) is 5.32 Å². The SMILES string of the molecule is C#CN(CC)c1ccc(NC(=O)NCCC(=O)OCCCCCCCCCCCCCC)c(C)c1. The maximum absolute atomic E-state index is 12.1. The molecule has 0 atom stereocenters. The Hall–Kier alpha value is -2.68. The molecule has 0 aliphatic rings. The maximum atomic E-state index is 12.1. The highest BCUT2D eigenvalue weighted by Gasteiger charge is 2.09. The van der Waals surface area contributed by atoms with Crippen molar-refractivity contribution in [3.05, 3.63) is 23.8 Å². The molecule has 0 radical (unpaired) electrons. The summed E-state index contributed by atoms with van der Waals surface area (Å²) in [5, 5.41) is 5.51. The lowest BCUT2D eigenvalue weighted by atomic mass is 10.1. The summed E-state index contributed by atoms with van der Waals surface area (Å²) >= 11 is 0. The number of aryl methyl sites for hydroxylation is 1. The van der Waals surface area contributed by atoms with Crippen LogP contribution in [0.5, 0.6) is 0 Å². The van der Waals surface area contributed by atoms with Gasteiger partial charge in [-0.2, -0.15) is 0 Å². The Morgan fingerprint density at radius 1 is 0.943 bits per heavy atom. The van der Waals surface area contributed by atoms with Gasteiger partial charge in [-0.25, -0.2) is 4.79 Å². The molecule has 0 unspecified atom stereocenters. The topological polar surface area (TPSA) is 70.7 Å². The number of amides is 2. The molecule has 6 nitrogen and oxygen atoms in total. The minimum atomic E-state index is -0.348. The first-order valence-corrected chi connectivity index (χ1v) is 13.6. The van der Waals surface area contributed by atoms with Crippen LogP contribution in [-0.4, -0.2) is 31.7 Å². The van der Waals surface area contributed by atoms with E-state index in [4.69, 9.17) is 11.2 Å². The first-order chi connectivity index (χ1) is 17.0. The molecule has 0 saturated carbocycles. The number of carbonyl (C=O) groups excluding carboxylic acids is 2. The van der Waals surface area contributed by atoms with Crippen LogP contribution < -0.4 is 15.5 Å². The summed E-state index contributed by atoms with van der Waals surface area (Å²) in [6.45, 7) is 7.56. The number of hydrogen-bond donors (Lipinski definition) is 2. The molecule has 0 fully saturated rings. The smallest absolute Gasteiger partial charge is 0.319 e. The second kappa shape index (κ2) is 19.6. The van der Waals surface area contributed by atoms with Crippen molar-refractivity contribution in [2.45, 2.75) is 104 Å². The van der Waals surface area contributed by atoms with E-state index in [2.05, 4.69) is 23.6 Å². The number of esters is 1. The van der Waals surface area contributed by atoms with Crippen molar-refractivity contribution in [3.8, 4) is 12.5 Å². The molecule has 0 aliphatic heterocycles. The van der Waals surface area contributed by atoms with Crippen LogP contribution in [0, 0.1) is 19.4 Å². The van der Waals surface area contributed by atoms with Gasteiger partial charge in [-0.05, 0) is 44.0 Å². The molecule has 2 amide bonds. The second-order valence-corrected chi connectivity index (χ2v) is 9.11. The third kappa shape index (κ3) is 14.3. The standard InChI is InChI=1S/C29H47N3O3/c1-5-8-9-10-11-12-13-14-15-16-17-18-23-35-28(33)21-22-30-29(34)31-27-20-19-26(24-25(27)4)32(6-2)7-3/h2,19-20,24H,5,7-18,21-23H2,1,3-4H3,(H2,30,31,34). The molecule has 196 valence electrons. The summed E-state index contributed by atoms with van der Waals surface area (Å²) in [4.78, 5) is 25.8. The van der Waals surface area contributed by atoms with Gasteiger partial charge in [0.05, 0.1) is 13.0 Å². The molecule has 1 rings (SSSR count). The number of benzene rings is 1. The lowest BCUT2D eigenvalue weighted by Crippen LogP contribution is -2.31. The largest absolute Gasteiger partial charge is 0.466 e. The zero-order valence-corrected chi connectivity index (χ0v) is 22.3. The van der Waals surface area contributed by atoms with Gasteiger partial charge in [0.2, 0.25) is 0 Å². The number of unbranched alkanes of at least 4 members (excludes halogenated alkanes) is 11. The quantitative estimate of drug-likeness (QED) is 0.0943. The van der Waals surface area contributed by atoms with Gasteiger partial charge in [0.1, 0.15) is 0 Å². The molecule has 0 spiro atoms. The van der Waals surface area contributed by atoms with Gasteiger partial charge in [-0.1, -0.05) is 84.0 Å². The number of carbonyl (C=O) groups is 2. The molecular formula is C29H47N3O3. The first-order valence-electron chi connectivity index (χ1n) is 13.6. The van der Waals surface area contributed by atoms with Gasteiger partial charge in [0.15, 0.2) is 0 Å². The fourth-order valence-electron chi connectivity index (χ4n) is 3.95. The molecule has 2 N–H and O–H groups in total. The Bertz CT molecular complexity index is 773. The van der Waals surface area contributed by atoms with Gasteiger partial charge in [0, 0.05) is 30.5 Å². The van der Waals surface area contributed by atoms with Gasteiger partial charge in [-0.15, -0.1) is 0 Å². The molecule has 35 heavy (non-hydrogen) atoms. The van der Waals surface area contributed by atoms with Gasteiger partial charge >= 0.3 is 12.0 Å². The van der Waals surface area contributed by atoms with E-state index in [1.54, 1.807) is 4.90 Å². The highest BCUT2D eigenvalue weighted by Crippen LogP contribution is 2.22. The number of urea groups is 1. The Labute approximate surface area is 213 Å². The summed E-state index contributed by atoms with van der Waals surface area (Å²) in [7, 11) is 0. The minimum Gasteiger partial charge on any atom is -0.466 e. The van der Waals surface area contributed by atoms with Crippen LogP contribution in [-0.2, 0) is 9.53 Å². The number of ether oxygens (including phenoxy) is 1. The van der Waals surface area contributed by atoms with Crippen molar-refractivity contribution in [2.24, 2.45) is 0 Å².